The molecular weight excluding hydrogens is 324 g/mol. The highest BCUT2D eigenvalue weighted by atomic mass is 16.5. The minimum atomic E-state index is -1.04. The summed E-state index contributed by atoms with van der Waals surface area (Å²) in [6.07, 6.45) is 1.74. The molecule has 0 spiro atoms. The third-order valence-corrected chi connectivity index (χ3v) is 3.69. The van der Waals surface area contributed by atoms with Crippen molar-refractivity contribution in [2.24, 2.45) is 0 Å². The van der Waals surface area contributed by atoms with Gasteiger partial charge in [0.25, 0.3) is 0 Å². The molecule has 0 radical (unpaired) electrons. The SMILES string of the molecule is COc1ccc2c(c1)C(=O)/C(=C\c1ccc(OCC(=O)O)cc1)CO2. The molecule has 1 aliphatic rings. The van der Waals surface area contributed by atoms with Gasteiger partial charge in [0.1, 0.15) is 23.9 Å². The molecule has 0 bridgehead atoms. The van der Waals surface area contributed by atoms with Crippen LogP contribution in [0.2, 0.25) is 0 Å². The van der Waals surface area contributed by atoms with Crippen molar-refractivity contribution >= 4 is 17.8 Å². The fourth-order valence-corrected chi connectivity index (χ4v) is 2.45. The highest BCUT2D eigenvalue weighted by Gasteiger charge is 2.23. The first kappa shape index (κ1) is 16.6. The molecule has 0 fully saturated rings. The Bertz CT molecular complexity index is 835. The van der Waals surface area contributed by atoms with Crippen LogP contribution in [0.3, 0.4) is 0 Å². The van der Waals surface area contributed by atoms with Crippen LogP contribution in [0.5, 0.6) is 17.2 Å². The van der Waals surface area contributed by atoms with E-state index in [0.717, 1.165) is 5.56 Å². The number of benzene rings is 2. The van der Waals surface area contributed by atoms with E-state index in [-0.39, 0.29) is 12.4 Å². The number of carbonyl (C=O) groups excluding carboxylic acids is 1. The molecule has 6 nitrogen and oxygen atoms in total. The molecule has 2 aromatic rings. The molecule has 0 aromatic heterocycles. The Morgan fingerprint density at radius 2 is 1.92 bits per heavy atom. The molecule has 0 saturated heterocycles. The quantitative estimate of drug-likeness (QED) is 0.843. The molecular formula is C19H16O6. The van der Waals surface area contributed by atoms with Crippen LogP contribution >= 0.6 is 0 Å². The Hall–Kier alpha value is -3.28. The fraction of sp³-hybridized carbons (Fsp3) is 0.158. The highest BCUT2D eigenvalue weighted by Crippen LogP contribution is 2.31. The second kappa shape index (κ2) is 7.09. The summed E-state index contributed by atoms with van der Waals surface area (Å²) in [6.45, 7) is -0.208. The van der Waals surface area contributed by atoms with Gasteiger partial charge in [0.05, 0.1) is 12.7 Å². The van der Waals surface area contributed by atoms with Crippen LogP contribution < -0.4 is 14.2 Å². The van der Waals surface area contributed by atoms with Gasteiger partial charge in [-0.3, -0.25) is 4.79 Å². The van der Waals surface area contributed by atoms with Gasteiger partial charge >= 0.3 is 5.97 Å². The van der Waals surface area contributed by atoms with Crippen molar-refractivity contribution in [1.29, 1.82) is 0 Å². The predicted molar refractivity (Wildman–Crippen MR) is 90.4 cm³/mol. The molecule has 1 heterocycles. The summed E-state index contributed by atoms with van der Waals surface area (Å²) in [5.74, 6) is 0.444. The lowest BCUT2D eigenvalue weighted by atomic mass is 9.98. The van der Waals surface area contributed by atoms with Crippen LogP contribution in [-0.2, 0) is 4.79 Å². The zero-order chi connectivity index (χ0) is 17.8. The summed E-state index contributed by atoms with van der Waals surface area (Å²) in [4.78, 5) is 23.1. The first-order valence-corrected chi connectivity index (χ1v) is 7.57. The molecule has 0 unspecified atom stereocenters. The van der Waals surface area contributed by atoms with Crippen molar-refractivity contribution in [3.05, 3.63) is 59.2 Å². The summed E-state index contributed by atoms with van der Waals surface area (Å²) in [5, 5.41) is 8.60. The standard InChI is InChI=1S/C19H16O6/c1-23-15-6-7-17-16(9-15)19(22)13(10-25-17)8-12-2-4-14(5-3-12)24-11-18(20)21/h2-9H,10-11H2,1H3,(H,20,21)/b13-8-. The van der Waals surface area contributed by atoms with Gasteiger partial charge in [-0.25, -0.2) is 4.79 Å². The summed E-state index contributed by atoms with van der Waals surface area (Å²) in [6, 6.07) is 11.9. The van der Waals surface area contributed by atoms with E-state index in [4.69, 9.17) is 19.3 Å². The number of methoxy groups -OCH3 is 1. The van der Waals surface area contributed by atoms with Gasteiger partial charge in [-0.2, -0.15) is 0 Å². The van der Waals surface area contributed by atoms with Crippen LogP contribution in [0.15, 0.2) is 48.0 Å². The van der Waals surface area contributed by atoms with E-state index >= 15 is 0 Å². The molecule has 2 aromatic carbocycles. The van der Waals surface area contributed by atoms with Gasteiger partial charge in [0.15, 0.2) is 12.4 Å². The smallest absolute Gasteiger partial charge is 0.341 e. The Labute approximate surface area is 144 Å². The largest absolute Gasteiger partial charge is 0.497 e. The topological polar surface area (TPSA) is 82.1 Å². The van der Waals surface area contributed by atoms with Crippen molar-refractivity contribution in [2.45, 2.75) is 0 Å². The second-order valence-corrected chi connectivity index (χ2v) is 5.40. The normalized spacial score (nSPS) is 14.6. The lowest BCUT2D eigenvalue weighted by Crippen LogP contribution is -2.19. The summed E-state index contributed by atoms with van der Waals surface area (Å²) in [5.41, 5.74) is 1.79. The predicted octanol–water partition coefficient (Wildman–Crippen LogP) is 2.82. The van der Waals surface area contributed by atoms with Gasteiger partial charge in [-0.1, -0.05) is 12.1 Å². The zero-order valence-corrected chi connectivity index (χ0v) is 13.5. The third kappa shape index (κ3) is 3.80. The van der Waals surface area contributed by atoms with Gasteiger partial charge in [0, 0.05) is 5.57 Å². The molecule has 1 aliphatic heterocycles. The number of hydrogen-bond donors (Lipinski definition) is 1. The number of carboxylic acids is 1. The van der Waals surface area contributed by atoms with Crippen molar-refractivity contribution in [1.82, 2.24) is 0 Å². The number of aliphatic carboxylic acids is 1. The fourth-order valence-electron chi connectivity index (χ4n) is 2.45. The minimum Gasteiger partial charge on any atom is -0.497 e. The molecule has 128 valence electrons. The average molecular weight is 340 g/mol. The molecule has 1 N–H and O–H groups in total. The summed E-state index contributed by atoms with van der Waals surface area (Å²) < 4.78 is 15.9. The zero-order valence-electron chi connectivity index (χ0n) is 13.5. The lowest BCUT2D eigenvalue weighted by Gasteiger charge is -2.19. The van der Waals surface area contributed by atoms with Gasteiger partial charge < -0.3 is 19.3 Å². The number of carbonyl (C=O) groups is 2. The van der Waals surface area contributed by atoms with Crippen LogP contribution in [0, 0.1) is 0 Å². The van der Waals surface area contributed by atoms with Crippen molar-refractivity contribution in [2.75, 3.05) is 20.3 Å². The highest BCUT2D eigenvalue weighted by molar-refractivity contribution is 6.14. The molecule has 0 atom stereocenters. The Morgan fingerprint density at radius 1 is 1.20 bits per heavy atom. The monoisotopic (exact) mass is 340 g/mol. The van der Waals surface area contributed by atoms with E-state index in [9.17, 15) is 9.59 Å². The molecule has 25 heavy (non-hydrogen) atoms. The van der Waals surface area contributed by atoms with Crippen LogP contribution in [0.1, 0.15) is 15.9 Å². The molecule has 6 heteroatoms. The van der Waals surface area contributed by atoms with Crippen molar-refractivity contribution < 1.29 is 28.9 Å². The minimum absolute atomic E-state index is 0.105. The lowest BCUT2D eigenvalue weighted by molar-refractivity contribution is -0.139. The number of fused-ring (bicyclic) bond motifs is 1. The van der Waals surface area contributed by atoms with Crippen molar-refractivity contribution in [3.63, 3.8) is 0 Å². The Balaban J connectivity index is 1.79. The van der Waals surface area contributed by atoms with Crippen molar-refractivity contribution in [3.8, 4) is 17.2 Å². The van der Waals surface area contributed by atoms with Gasteiger partial charge in [-0.15, -0.1) is 0 Å². The Morgan fingerprint density at radius 3 is 2.60 bits per heavy atom. The van der Waals surface area contributed by atoms with E-state index < -0.39 is 12.6 Å². The maximum Gasteiger partial charge on any atom is 0.341 e. The summed E-state index contributed by atoms with van der Waals surface area (Å²) in [7, 11) is 1.54. The number of ketones is 1. The molecule has 0 aliphatic carbocycles. The number of rotatable bonds is 5. The first-order chi connectivity index (χ1) is 12.1. The maximum atomic E-state index is 12.6. The van der Waals surface area contributed by atoms with Gasteiger partial charge in [0.2, 0.25) is 0 Å². The molecule has 0 saturated carbocycles. The van der Waals surface area contributed by atoms with Crippen LogP contribution in [-0.4, -0.2) is 37.2 Å². The Kier molecular flexibility index (Phi) is 4.70. The summed E-state index contributed by atoms with van der Waals surface area (Å²) >= 11 is 0. The number of ether oxygens (including phenoxy) is 3. The molecule has 3 rings (SSSR count). The van der Waals surface area contributed by atoms with Crippen LogP contribution in [0.4, 0.5) is 0 Å². The van der Waals surface area contributed by atoms with E-state index in [1.165, 1.54) is 0 Å². The maximum absolute atomic E-state index is 12.6. The van der Waals surface area contributed by atoms with Gasteiger partial charge in [-0.05, 0) is 42.0 Å². The van der Waals surface area contributed by atoms with E-state index in [2.05, 4.69) is 0 Å². The van der Waals surface area contributed by atoms with E-state index in [1.54, 1.807) is 55.7 Å². The third-order valence-electron chi connectivity index (χ3n) is 3.69. The average Bonchev–Trinajstić information content (AvgIpc) is 2.63. The number of hydrogen-bond acceptors (Lipinski definition) is 5. The van der Waals surface area contributed by atoms with E-state index in [1.807, 2.05) is 0 Å². The first-order valence-electron chi connectivity index (χ1n) is 7.57. The number of Topliss-reactive ketones (excluding diaryl/α,β-unsaturated/α-hetero) is 1. The molecule has 0 amide bonds. The van der Waals surface area contributed by atoms with E-state index in [0.29, 0.717) is 28.4 Å². The second-order valence-electron chi connectivity index (χ2n) is 5.40. The number of carboxylic acid groups (broad SMARTS) is 1. The van der Waals surface area contributed by atoms with Crippen LogP contribution in [0.25, 0.3) is 6.08 Å².